The van der Waals surface area contributed by atoms with Crippen LogP contribution in [0.5, 0.6) is 0 Å². The topological polar surface area (TPSA) is 82.7 Å². The lowest BCUT2D eigenvalue weighted by Gasteiger charge is -2.08. The number of nitriles is 1. The van der Waals surface area contributed by atoms with Gasteiger partial charge in [0.05, 0.1) is 21.6 Å². The molecule has 0 fully saturated rings. The first kappa shape index (κ1) is 12.9. The summed E-state index contributed by atoms with van der Waals surface area (Å²) in [6.07, 6.45) is 1.47. The molecule has 1 N–H and O–H groups in total. The largest absolute Gasteiger partial charge is 0.285 e. The van der Waals surface area contributed by atoms with E-state index in [1.807, 2.05) is 41.7 Å². The van der Waals surface area contributed by atoms with Gasteiger partial charge in [-0.05, 0) is 42.4 Å². The van der Waals surface area contributed by atoms with Gasteiger partial charge in [0.15, 0.2) is 10.8 Å². The van der Waals surface area contributed by atoms with Crippen LogP contribution in [0.15, 0.2) is 46.8 Å². The van der Waals surface area contributed by atoms with Crippen LogP contribution >= 0.6 is 11.8 Å². The number of aromatic amines is 1. The summed E-state index contributed by atoms with van der Waals surface area (Å²) in [4.78, 5) is 8.77. The molecular formula is C15H10N6S. The smallest absolute Gasteiger partial charge is 0.189 e. The highest BCUT2D eigenvalue weighted by molar-refractivity contribution is 7.99. The summed E-state index contributed by atoms with van der Waals surface area (Å²) in [5.41, 5.74) is 4.00. The highest BCUT2D eigenvalue weighted by atomic mass is 32.2. The van der Waals surface area contributed by atoms with E-state index in [9.17, 15) is 5.26 Å². The van der Waals surface area contributed by atoms with Crippen molar-refractivity contribution in [1.29, 1.82) is 5.26 Å². The monoisotopic (exact) mass is 306 g/mol. The van der Waals surface area contributed by atoms with Gasteiger partial charge in [-0.1, -0.05) is 12.1 Å². The Balaban J connectivity index is 2.09. The Morgan fingerprint density at radius 3 is 2.95 bits per heavy atom. The van der Waals surface area contributed by atoms with Crippen molar-refractivity contribution in [3.8, 4) is 6.07 Å². The third-order valence-corrected chi connectivity index (χ3v) is 4.34. The number of pyridine rings is 1. The third kappa shape index (κ3) is 1.85. The number of nitrogens with one attached hydrogen (secondary N) is 1. The van der Waals surface area contributed by atoms with E-state index >= 15 is 0 Å². The summed E-state index contributed by atoms with van der Waals surface area (Å²) in [7, 11) is 0. The summed E-state index contributed by atoms with van der Waals surface area (Å²) in [6.45, 7) is 1.92. The molecule has 0 unspecified atom stereocenters. The molecule has 0 radical (unpaired) electrons. The Kier molecular flexibility index (Phi) is 2.84. The standard InChI is InChI=1S/C15H10N6S/c1-9-6-13(22-15-17-8-18-20-15)21-12-5-3-2-4-11(12)19-14(21)10(9)7-16/h2-6,8H,1H3,(H,17,18,20). The van der Waals surface area contributed by atoms with Gasteiger partial charge in [0, 0.05) is 0 Å². The van der Waals surface area contributed by atoms with Gasteiger partial charge < -0.3 is 0 Å². The number of imidazole rings is 1. The summed E-state index contributed by atoms with van der Waals surface area (Å²) < 4.78 is 1.99. The minimum absolute atomic E-state index is 0.595. The van der Waals surface area contributed by atoms with Gasteiger partial charge >= 0.3 is 0 Å². The molecule has 0 spiro atoms. The Morgan fingerprint density at radius 1 is 1.32 bits per heavy atom. The van der Waals surface area contributed by atoms with Gasteiger partial charge in [0.2, 0.25) is 0 Å². The molecule has 4 aromatic rings. The van der Waals surface area contributed by atoms with E-state index in [1.165, 1.54) is 18.1 Å². The normalized spacial score (nSPS) is 11.1. The molecule has 0 aliphatic carbocycles. The fourth-order valence-corrected chi connectivity index (χ4v) is 3.38. The molecule has 0 aliphatic heterocycles. The zero-order valence-electron chi connectivity index (χ0n) is 11.6. The number of hydrogen-bond acceptors (Lipinski definition) is 5. The maximum absolute atomic E-state index is 9.45. The maximum Gasteiger partial charge on any atom is 0.189 e. The van der Waals surface area contributed by atoms with Gasteiger partial charge in [-0.2, -0.15) is 10.4 Å². The number of rotatable bonds is 2. The van der Waals surface area contributed by atoms with E-state index in [4.69, 9.17) is 0 Å². The van der Waals surface area contributed by atoms with Crippen molar-refractivity contribution >= 4 is 28.4 Å². The first-order valence-corrected chi connectivity index (χ1v) is 7.43. The Morgan fingerprint density at radius 2 is 2.18 bits per heavy atom. The van der Waals surface area contributed by atoms with Crippen molar-refractivity contribution in [2.75, 3.05) is 0 Å². The van der Waals surface area contributed by atoms with Crippen molar-refractivity contribution in [3.05, 3.63) is 47.8 Å². The average Bonchev–Trinajstić information content (AvgIpc) is 3.14. The molecule has 0 aliphatic rings. The molecule has 1 aromatic carbocycles. The molecule has 7 heteroatoms. The molecule has 0 bridgehead atoms. The number of nitrogens with zero attached hydrogens (tertiary/aromatic N) is 5. The predicted molar refractivity (Wildman–Crippen MR) is 82.7 cm³/mol. The lowest BCUT2D eigenvalue weighted by atomic mass is 10.2. The Labute approximate surface area is 129 Å². The number of benzene rings is 1. The minimum Gasteiger partial charge on any atom is -0.285 e. The number of fused-ring (bicyclic) bond motifs is 3. The summed E-state index contributed by atoms with van der Waals surface area (Å²) in [5.74, 6) is 0. The Bertz CT molecular complexity index is 1030. The quantitative estimate of drug-likeness (QED) is 0.615. The zero-order valence-corrected chi connectivity index (χ0v) is 12.4. The summed E-state index contributed by atoms with van der Waals surface area (Å²) in [6, 6.07) is 12.1. The average molecular weight is 306 g/mol. The fourth-order valence-electron chi connectivity index (χ4n) is 2.47. The van der Waals surface area contributed by atoms with Crippen LogP contribution in [0.2, 0.25) is 0 Å². The fraction of sp³-hybridized carbons (Fsp3) is 0.0667. The Hall–Kier alpha value is -2.85. The number of para-hydroxylation sites is 2. The molecule has 22 heavy (non-hydrogen) atoms. The molecule has 4 rings (SSSR count). The van der Waals surface area contributed by atoms with Crippen molar-refractivity contribution in [1.82, 2.24) is 24.6 Å². The van der Waals surface area contributed by atoms with Gasteiger partial charge in [-0.3, -0.25) is 9.50 Å². The maximum atomic E-state index is 9.45. The van der Waals surface area contributed by atoms with E-state index in [1.54, 1.807) is 0 Å². The van der Waals surface area contributed by atoms with E-state index in [0.29, 0.717) is 16.4 Å². The number of aromatic nitrogens is 5. The first-order valence-electron chi connectivity index (χ1n) is 6.62. The van der Waals surface area contributed by atoms with E-state index < -0.39 is 0 Å². The molecule has 0 amide bonds. The number of aryl methyl sites for hydroxylation is 1. The van der Waals surface area contributed by atoms with Gasteiger partial charge in [0.1, 0.15) is 12.4 Å². The van der Waals surface area contributed by atoms with Crippen LogP contribution in [0, 0.1) is 18.3 Å². The van der Waals surface area contributed by atoms with E-state index in [-0.39, 0.29) is 0 Å². The zero-order chi connectivity index (χ0) is 15.1. The predicted octanol–water partition coefficient (Wildman–Crippen LogP) is 2.94. The molecule has 106 valence electrons. The van der Waals surface area contributed by atoms with Gasteiger partial charge in [0.25, 0.3) is 0 Å². The molecule has 3 heterocycles. The molecule has 6 nitrogen and oxygen atoms in total. The summed E-state index contributed by atoms with van der Waals surface area (Å²) in [5, 5.41) is 17.8. The molecular weight excluding hydrogens is 296 g/mol. The second-order valence-electron chi connectivity index (χ2n) is 4.80. The van der Waals surface area contributed by atoms with Gasteiger partial charge in [-0.15, -0.1) is 0 Å². The van der Waals surface area contributed by atoms with Crippen LogP contribution in [-0.4, -0.2) is 24.6 Å². The van der Waals surface area contributed by atoms with Crippen LogP contribution in [0.1, 0.15) is 11.1 Å². The van der Waals surface area contributed by atoms with Crippen LogP contribution in [0.25, 0.3) is 16.7 Å². The molecule has 3 aromatic heterocycles. The lowest BCUT2D eigenvalue weighted by Crippen LogP contribution is -1.97. The van der Waals surface area contributed by atoms with Crippen molar-refractivity contribution < 1.29 is 0 Å². The van der Waals surface area contributed by atoms with Crippen LogP contribution in [0.3, 0.4) is 0 Å². The SMILES string of the molecule is Cc1cc(Sc2ncn[nH]2)n2c(nc3ccccc32)c1C#N. The first-order chi connectivity index (χ1) is 10.8. The second-order valence-corrected chi connectivity index (χ2v) is 5.81. The lowest BCUT2D eigenvalue weighted by molar-refractivity contribution is 0.959. The second kappa shape index (κ2) is 4.86. The van der Waals surface area contributed by atoms with Crippen LogP contribution in [-0.2, 0) is 0 Å². The van der Waals surface area contributed by atoms with Crippen molar-refractivity contribution in [2.45, 2.75) is 17.1 Å². The highest BCUT2D eigenvalue weighted by Gasteiger charge is 2.16. The van der Waals surface area contributed by atoms with Crippen LogP contribution in [0.4, 0.5) is 0 Å². The van der Waals surface area contributed by atoms with Crippen LogP contribution < -0.4 is 0 Å². The molecule has 0 saturated heterocycles. The minimum atomic E-state index is 0.595. The van der Waals surface area contributed by atoms with E-state index in [2.05, 4.69) is 26.2 Å². The number of H-pyrrole nitrogens is 1. The van der Waals surface area contributed by atoms with Gasteiger partial charge in [-0.25, -0.2) is 9.97 Å². The van der Waals surface area contributed by atoms with E-state index in [0.717, 1.165) is 21.6 Å². The molecule has 0 atom stereocenters. The summed E-state index contributed by atoms with van der Waals surface area (Å²) >= 11 is 1.46. The van der Waals surface area contributed by atoms with Crippen molar-refractivity contribution in [3.63, 3.8) is 0 Å². The van der Waals surface area contributed by atoms with Crippen molar-refractivity contribution in [2.24, 2.45) is 0 Å². The molecule has 0 saturated carbocycles. The number of hydrogen-bond donors (Lipinski definition) is 1. The highest BCUT2D eigenvalue weighted by Crippen LogP contribution is 2.31. The third-order valence-electron chi connectivity index (χ3n) is 3.45.